The highest BCUT2D eigenvalue weighted by molar-refractivity contribution is 5.87. The molecule has 0 saturated heterocycles. The van der Waals surface area contributed by atoms with E-state index >= 15 is 0 Å². The van der Waals surface area contributed by atoms with Gasteiger partial charge in [0.05, 0.1) is 70.8 Å². The number of ether oxygens (including phenoxy) is 6. The number of methoxy groups -OCH3 is 2. The fraction of sp³-hybridized carbons (Fsp3) is 0.655. The Bertz CT molecular complexity index is 940. The SMILES string of the molecule is C#CCOCCOCCOCCn1nc(C(=O)O)cc1COC.CC.CC.CC.CCOC(=O)c1cc(COC)[nH]n1. The van der Waals surface area contributed by atoms with E-state index in [9.17, 15) is 9.59 Å². The molecule has 0 aliphatic carbocycles. The summed E-state index contributed by atoms with van der Waals surface area (Å²) in [5.74, 6) is 0.885. The van der Waals surface area contributed by atoms with Crippen molar-refractivity contribution in [2.75, 3.05) is 60.5 Å². The third kappa shape index (κ3) is 21.5. The minimum absolute atomic E-state index is 0.00708. The van der Waals surface area contributed by atoms with Gasteiger partial charge in [-0.1, -0.05) is 47.5 Å². The van der Waals surface area contributed by atoms with Crippen LogP contribution in [-0.2, 0) is 48.2 Å². The van der Waals surface area contributed by atoms with Crippen molar-refractivity contribution < 1.29 is 43.1 Å². The lowest BCUT2D eigenvalue weighted by molar-refractivity contribution is 0.0179. The van der Waals surface area contributed by atoms with E-state index in [2.05, 4.69) is 21.2 Å². The Labute approximate surface area is 251 Å². The maximum Gasteiger partial charge on any atom is 0.358 e. The molecule has 242 valence electrons. The Morgan fingerprint density at radius 2 is 1.48 bits per heavy atom. The van der Waals surface area contributed by atoms with Crippen LogP contribution < -0.4 is 0 Å². The van der Waals surface area contributed by atoms with E-state index in [1.807, 2.05) is 41.5 Å². The van der Waals surface area contributed by atoms with Gasteiger partial charge in [0.15, 0.2) is 11.4 Å². The van der Waals surface area contributed by atoms with Gasteiger partial charge in [0, 0.05) is 14.2 Å². The lowest BCUT2D eigenvalue weighted by Crippen LogP contribution is -2.14. The lowest BCUT2D eigenvalue weighted by Gasteiger charge is -2.08. The van der Waals surface area contributed by atoms with Crippen molar-refractivity contribution in [2.45, 2.75) is 68.2 Å². The first-order valence-electron chi connectivity index (χ1n) is 14.1. The van der Waals surface area contributed by atoms with E-state index in [-0.39, 0.29) is 18.0 Å². The maximum atomic E-state index is 11.1. The number of terminal acetylenes is 1. The Hall–Kier alpha value is -3.28. The van der Waals surface area contributed by atoms with Gasteiger partial charge in [0.25, 0.3) is 0 Å². The first-order chi connectivity index (χ1) is 20.5. The molecule has 0 saturated carbocycles. The molecule has 0 aliphatic rings. The number of hydrogen-bond donors (Lipinski definition) is 2. The highest BCUT2D eigenvalue weighted by atomic mass is 16.5. The summed E-state index contributed by atoms with van der Waals surface area (Å²) in [5.41, 5.74) is 1.72. The van der Waals surface area contributed by atoms with Crippen LogP contribution in [0, 0.1) is 12.3 Å². The molecule has 13 heteroatoms. The molecule has 0 aromatic carbocycles. The molecule has 0 unspecified atom stereocenters. The van der Waals surface area contributed by atoms with Crippen LogP contribution >= 0.6 is 0 Å². The van der Waals surface area contributed by atoms with Crippen molar-refractivity contribution in [3.8, 4) is 12.3 Å². The van der Waals surface area contributed by atoms with Gasteiger partial charge in [-0.15, -0.1) is 6.42 Å². The average Bonchev–Trinajstić information content (AvgIpc) is 3.66. The van der Waals surface area contributed by atoms with Crippen LogP contribution in [-0.4, -0.2) is 97.5 Å². The molecule has 42 heavy (non-hydrogen) atoms. The number of carboxylic acids is 1. The fourth-order valence-electron chi connectivity index (χ4n) is 2.64. The number of nitrogens with zero attached hydrogens (tertiary/aromatic N) is 3. The molecular weight excluding hydrogens is 548 g/mol. The van der Waals surface area contributed by atoms with Gasteiger partial charge >= 0.3 is 11.9 Å². The first kappa shape index (κ1) is 43.2. The number of esters is 1. The maximum absolute atomic E-state index is 11.1. The molecule has 0 radical (unpaired) electrons. The molecule has 2 N–H and O–H groups in total. The van der Waals surface area contributed by atoms with Crippen molar-refractivity contribution in [1.82, 2.24) is 20.0 Å². The second kappa shape index (κ2) is 32.2. The van der Waals surface area contributed by atoms with Crippen molar-refractivity contribution >= 4 is 11.9 Å². The van der Waals surface area contributed by atoms with Gasteiger partial charge < -0.3 is 33.5 Å². The number of aromatic carboxylic acids is 1. The van der Waals surface area contributed by atoms with Crippen LogP contribution in [0.3, 0.4) is 0 Å². The van der Waals surface area contributed by atoms with Crippen LogP contribution in [0.4, 0.5) is 0 Å². The predicted molar refractivity (Wildman–Crippen MR) is 160 cm³/mol. The molecule has 13 nitrogen and oxygen atoms in total. The molecule has 2 aromatic rings. The van der Waals surface area contributed by atoms with Gasteiger partial charge in [-0.3, -0.25) is 9.78 Å². The molecule has 0 bridgehead atoms. The molecule has 0 amide bonds. The van der Waals surface area contributed by atoms with Gasteiger partial charge in [-0.25, -0.2) is 9.59 Å². The topological polar surface area (TPSA) is 156 Å². The quantitative estimate of drug-likeness (QED) is 0.152. The van der Waals surface area contributed by atoms with Crippen molar-refractivity contribution in [3.05, 3.63) is 34.9 Å². The third-order valence-corrected chi connectivity index (χ3v) is 4.17. The van der Waals surface area contributed by atoms with Gasteiger partial charge in [-0.2, -0.15) is 10.2 Å². The van der Waals surface area contributed by atoms with Crippen molar-refractivity contribution in [3.63, 3.8) is 0 Å². The zero-order valence-electron chi connectivity index (χ0n) is 26.9. The smallest absolute Gasteiger partial charge is 0.358 e. The standard InChI is InChI=1S/C15H22N2O6.C8H12N2O3.3C2H6/c1-3-5-21-7-9-23-10-8-22-6-4-17-13(12-20-2)11-14(16-17)15(18)19;1-3-13-8(11)7-4-6(5-12-2)9-10-7;3*1-2/h1,11H,4-10,12H2,2H3,(H,18,19);4H,3,5H2,1-2H3,(H,9,10);3*1-2H3. The lowest BCUT2D eigenvalue weighted by atomic mass is 10.3. The number of carbonyl (C=O) groups excluding carboxylic acids is 1. The number of aromatic amines is 1. The minimum atomic E-state index is -1.07. The van der Waals surface area contributed by atoms with E-state index in [4.69, 9.17) is 40.0 Å². The highest BCUT2D eigenvalue weighted by Gasteiger charge is 2.13. The Kier molecular flexibility index (Phi) is 33.1. The number of rotatable bonds is 17. The third-order valence-electron chi connectivity index (χ3n) is 4.17. The van der Waals surface area contributed by atoms with Crippen LogP contribution in [0.2, 0.25) is 0 Å². The predicted octanol–water partition coefficient (Wildman–Crippen LogP) is 4.22. The van der Waals surface area contributed by atoms with Gasteiger partial charge in [-0.05, 0) is 19.1 Å². The molecule has 0 spiro atoms. The average molecular weight is 601 g/mol. The summed E-state index contributed by atoms with van der Waals surface area (Å²) >= 11 is 0. The summed E-state index contributed by atoms with van der Waals surface area (Å²) < 4.78 is 32.0. The Morgan fingerprint density at radius 1 is 0.905 bits per heavy atom. The van der Waals surface area contributed by atoms with Crippen molar-refractivity contribution in [2.24, 2.45) is 0 Å². The van der Waals surface area contributed by atoms with Crippen LogP contribution in [0.5, 0.6) is 0 Å². The normalized spacial score (nSPS) is 9.33. The molecule has 2 aromatic heterocycles. The fourth-order valence-corrected chi connectivity index (χ4v) is 2.64. The number of hydrogen-bond acceptors (Lipinski definition) is 10. The largest absolute Gasteiger partial charge is 0.476 e. The summed E-state index contributed by atoms with van der Waals surface area (Å²) in [6.45, 7) is 17.7. The molecule has 2 rings (SSSR count). The number of H-pyrrole nitrogens is 1. The van der Waals surface area contributed by atoms with E-state index < -0.39 is 11.9 Å². The summed E-state index contributed by atoms with van der Waals surface area (Å²) in [5, 5.41) is 19.4. The van der Waals surface area contributed by atoms with Crippen LogP contribution in [0.25, 0.3) is 0 Å². The van der Waals surface area contributed by atoms with E-state index in [0.29, 0.717) is 65.1 Å². The Balaban J connectivity index is -0.000000676. The highest BCUT2D eigenvalue weighted by Crippen LogP contribution is 2.06. The van der Waals surface area contributed by atoms with E-state index in [0.717, 1.165) is 5.69 Å². The van der Waals surface area contributed by atoms with E-state index in [1.54, 1.807) is 31.9 Å². The minimum Gasteiger partial charge on any atom is -0.476 e. The molecule has 2 heterocycles. The Morgan fingerprint density at radius 3 is 2.00 bits per heavy atom. The summed E-state index contributed by atoms with van der Waals surface area (Å²) in [6, 6.07) is 3.10. The molecule has 0 aliphatic heterocycles. The van der Waals surface area contributed by atoms with Gasteiger partial charge in [0.2, 0.25) is 0 Å². The molecule has 0 fully saturated rings. The zero-order valence-corrected chi connectivity index (χ0v) is 26.9. The van der Waals surface area contributed by atoms with E-state index in [1.165, 1.54) is 6.07 Å². The monoisotopic (exact) mass is 600 g/mol. The van der Waals surface area contributed by atoms with Crippen molar-refractivity contribution in [1.29, 1.82) is 0 Å². The second-order valence-electron chi connectivity index (χ2n) is 6.90. The summed E-state index contributed by atoms with van der Waals surface area (Å²) in [4.78, 5) is 22.0. The number of carboxylic acid groups (broad SMARTS) is 1. The molecule has 0 atom stereocenters. The number of aromatic nitrogens is 4. The second-order valence-corrected chi connectivity index (χ2v) is 6.90. The molecular formula is C29H52N4O9. The summed E-state index contributed by atoms with van der Waals surface area (Å²) in [6.07, 6.45) is 5.04. The van der Waals surface area contributed by atoms with Crippen LogP contribution in [0.1, 0.15) is 80.8 Å². The first-order valence-corrected chi connectivity index (χ1v) is 14.1. The number of carbonyl (C=O) groups is 2. The number of nitrogens with one attached hydrogen (secondary N) is 1. The summed E-state index contributed by atoms with van der Waals surface area (Å²) in [7, 11) is 3.11. The van der Waals surface area contributed by atoms with Crippen LogP contribution in [0.15, 0.2) is 12.1 Å². The van der Waals surface area contributed by atoms with Gasteiger partial charge in [0.1, 0.15) is 6.61 Å². The zero-order chi connectivity index (χ0) is 32.6.